The van der Waals surface area contributed by atoms with Crippen LogP contribution in [0, 0.1) is 31.4 Å². The predicted octanol–water partition coefficient (Wildman–Crippen LogP) is 6.28. The third kappa shape index (κ3) is 5.98. The number of benzene rings is 2. The minimum absolute atomic E-state index is 0.0219. The van der Waals surface area contributed by atoms with E-state index in [4.69, 9.17) is 19.3 Å². The van der Waals surface area contributed by atoms with Crippen LogP contribution in [-0.2, 0) is 30.3 Å². The zero-order valence-electron chi connectivity index (χ0n) is 36.1. The van der Waals surface area contributed by atoms with E-state index >= 15 is 13.6 Å². The predicted molar refractivity (Wildman–Crippen MR) is 230 cm³/mol. The van der Waals surface area contributed by atoms with Gasteiger partial charge in [0.2, 0.25) is 0 Å². The monoisotopic (exact) mass is 869 g/mol. The minimum Gasteiger partial charge on any atom is -0.376 e. The highest BCUT2D eigenvalue weighted by molar-refractivity contribution is 5.99. The lowest BCUT2D eigenvalue weighted by Gasteiger charge is -2.35. The lowest BCUT2D eigenvalue weighted by Crippen LogP contribution is -2.39. The molecular weight excluding hydrogens is 825 g/mol. The van der Waals surface area contributed by atoms with Crippen molar-refractivity contribution in [2.75, 3.05) is 13.2 Å². The van der Waals surface area contributed by atoms with Gasteiger partial charge in [0, 0.05) is 61.6 Å². The number of hydrogen-bond acceptors (Lipinski definition) is 9. The molecule has 11 rings (SSSR count). The van der Waals surface area contributed by atoms with E-state index in [0.29, 0.717) is 82.4 Å². The van der Waals surface area contributed by atoms with Gasteiger partial charge in [-0.05, 0) is 100 Å². The van der Waals surface area contributed by atoms with Gasteiger partial charge in [-0.15, -0.1) is 0 Å². The van der Waals surface area contributed by atoms with Gasteiger partial charge >= 0.3 is 11.4 Å². The zero-order chi connectivity index (χ0) is 44.6. The molecule has 1 saturated carbocycles. The molecule has 0 radical (unpaired) electrons. The van der Waals surface area contributed by atoms with Crippen LogP contribution in [0.2, 0.25) is 0 Å². The van der Waals surface area contributed by atoms with Crippen molar-refractivity contribution in [2.24, 2.45) is 13.0 Å². The van der Waals surface area contributed by atoms with Crippen molar-refractivity contribution in [3.8, 4) is 17.2 Å². The summed E-state index contributed by atoms with van der Waals surface area (Å²) in [4.78, 5) is 51.7. The number of aromatic amines is 1. The van der Waals surface area contributed by atoms with Crippen LogP contribution in [0.3, 0.4) is 0 Å². The van der Waals surface area contributed by atoms with E-state index in [0.717, 1.165) is 23.9 Å². The van der Waals surface area contributed by atoms with E-state index in [9.17, 15) is 9.59 Å². The van der Waals surface area contributed by atoms with Crippen LogP contribution in [0.15, 0.2) is 75.3 Å². The number of ether oxygens (including phenoxy) is 1. The van der Waals surface area contributed by atoms with Gasteiger partial charge in [0.1, 0.15) is 22.9 Å². The lowest BCUT2D eigenvalue weighted by atomic mass is 9.86. The summed E-state index contributed by atoms with van der Waals surface area (Å²) >= 11 is 0. The van der Waals surface area contributed by atoms with Gasteiger partial charge in [-0.1, -0.05) is 12.1 Å². The number of aryl methyl sites for hydroxylation is 3. The molecule has 0 bridgehead atoms. The van der Waals surface area contributed by atoms with Crippen LogP contribution in [0.1, 0.15) is 90.3 Å². The molecule has 0 spiro atoms. The summed E-state index contributed by atoms with van der Waals surface area (Å²) in [7, 11) is 1.71. The number of pyridine rings is 1. The number of imidazole rings is 1. The molecule has 2 fully saturated rings. The van der Waals surface area contributed by atoms with E-state index < -0.39 is 22.8 Å². The van der Waals surface area contributed by atoms with Gasteiger partial charge in [-0.25, -0.2) is 23.1 Å². The van der Waals surface area contributed by atoms with Crippen molar-refractivity contribution in [3.63, 3.8) is 0 Å². The summed E-state index contributed by atoms with van der Waals surface area (Å²) in [6.07, 6.45) is 8.81. The van der Waals surface area contributed by atoms with Gasteiger partial charge in [0.15, 0.2) is 11.6 Å². The Morgan fingerprint density at radius 2 is 1.73 bits per heavy atom. The van der Waals surface area contributed by atoms with Crippen LogP contribution >= 0.6 is 0 Å². The second-order valence-electron chi connectivity index (χ2n) is 18.3. The maximum atomic E-state index is 16.1. The number of nitrogens with one attached hydrogen (secondary N) is 1. The molecule has 328 valence electrons. The summed E-state index contributed by atoms with van der Waals surface area (Å²) in [5.74, 6) is -1.13. The first-order valence-corrected chi connectivity index (χ1v) is 21.4. The highest BCUT2D eigenvalue weighted by Gasteiger charge is 2.59. The third-order valence-electron chi connectivity index (χ3n) is 13.6. The molecule has 1 aliphatic carbocycles. The normalized spacial score (nSPS) is 20.7. The Balaban J connectivity index is 1.04. The second-order valence-corrected chi connectivity index (χ2v) is 18.3. The Morgan fingerprint density at radius 3 is 2.45 bits per heavy atom. The van der Waals surface area contributed by atoms with Crippen LogP contribution in [0.25, 0.3) is 39.0 Å². The van der Waals surface area contributed by atoms with E-state index in [1.807, 2.05) is 23.8 Å². The molecule has 3 aliphatic rings. The first-order valence-electron chi connectivity index (χ1n) is 21.4. The number of fused-ring (bicyclic) bond motifs is 3. The van der Waals surface area contributed by atoms with Crippen molar-refractivity contribution in [2.45, 2.75) is 83.9 Å². The number of amides is 1. The third-order valence-corrected chi connectivity index (χ3v) is 13.6. The van der Waals surface area contributed by atoms with Crippen molar-refractivity contribution in [1.29, 1.82) is 0 Å². The largest absolute Gasteiger partial charge is 0.438 e. The molecule has 0 unspecified atom stereocenters. The highest BCUT2D eigenvalue weighted by Crippen LogP contribution is 2.56. The number of carbonyl (C=O) groups is 1. The molecule has 1 saturated heterocycles. The molecular formula is C46H45F2N11O5. The fourth-order valence-electron chi connectivity index (χ4n) is 10.2. The Labute approximate surface area is 363 Å². The Kier molecular flexibility index (Phi) is 8.74. The molecule has 2 aromatic carbocycles. The van der Waals surface area contributed by atoms with Crippen LogP contribution in [0.4, 0.5) is 8.78 Å². The van der Waals surface area contributed by atoms with E-state index in [2.05, 4.69) is 35.2 Å². The minimum atomic E-state index is -0.887. The number of halogens is 2. The highest BCUT2D eigenvalue weighted by atomic mass is 19.1. The molecule has 1 N–H and O–H groups in total. The quantitative estimate of drug-likeness (QED) is 0.194. The first-order chi connectivity index (χ1) is 30.6. The number of carbonyl (C=O) groups excluding carboxylic acids is 1. The summed E-state index contributed by atoms with van der Waals surface area (Å²) in [6.45, 7) is 10.5. The molecule has 6 aromatic heterocycles. The van der Waals surface area contributed by atoms with Gasteiger partial charge in [-0.2, -0.15) is 10.2 Å². The number of hydrogen-bond donors (Lipinski definition) is 1. The fourth-order valence-corrected chi connectivity index (χ4v) is 10.2. The van der Waals surface area contributed by atoms with E-state index in [1.165, 1.54) is 27.6 Å². The first kappa shape index (κ1) is 39.9. The lowest BCUT2D eigenvalue weighted by molar-refractivity contribution is -0.0597. The van der Waals surface area contributed by atoms with E-state index in [1.54, 1.807) is 59.6 Å². The zero-order valence-corrected chi connectivity index (χ0v) is 36.1. The molecule has 8 aromatic rings. The molecule has 18 heteroatoms. The molecule has 3 atom stereocenters. The van der Waals surface area contributed by atoms with Gasteiger partial charge in [0.25, 0.3) is 5.91 Å². The number of H-pyrrole nitrogens is 1. The van der Waals surface area contributed by atoms with E-state index in [-0.39, 0.29) is 46.8 Å². The maximum Gasteiger partial charge on any atom is 0.438 e. The number of aromatic nitrogens is 10. The average Bonchev–Trinajstić information content (AvgIpc) is 3.89. The smallest absolute Gasteiger partial charge is 0.376 e. The van der Waals surface area contributed by atoms with Crippen LogP contribution < -0.4 is 11.4 Å². The Morgan fingerprint density at radius 1 is 0.969 bits per heavy atom. The maximum absolute atomic E-state index is 16.1. The van der Waals surface area contributed by atoms with Crippen molar-refractivity contribution >= 4 is 27.7 Å². The van der Waals surface area contributed by atoms with Crippen LogP contribution in [0.5, 0.6) is 0 Å². The Hall–Kier alpha value is -6.95. The fraction of sp³-hybridized carbons (Fsp3) is 0.370. The van der Waals surface area contributed by atoms with Crippen LogP contribution in [-0.4, -0.2) is 77.9 Å². The molecule has 1 amide bonds. The van der Waals surface area contributed by atoms with Gasteiger partial charge < -0.3 is 14.2 Å². The van der Waals surface area contributed by atoms with Gasteiger partial charge in [-0.3, -0.25) is 33.1 Å². The molecule has 2 aliphatic heterocycles. The topological polar surface area (TPSA) is 169 Å². The summed E-state index contributed by atoms with van der Waals surface area (Å²) in [5, 5.41) is 14.4. The molecule has 8 heterocycles. The number of rotatable bonds is 7. The standard InChI is InChI=1S/C46H45F2N11O5/c1-24-15-29(16-25(2)38(24)47)59-40(57-13-12-56(44(57)62)35-8-7-34-30(39(35)48)21-50-54(34)6)31-23-55(11-9-32(31)52-59)41(60)36-18-28-17-33(27-10-14-63-45(4,5)20-27)49-22-37(28)58(36)46(19-26(46)3)42-51-43(61)64-53-42/h7-8,12-13,15-18,21-22,26-27H,9-11,14,19-20,23H2,1-6H3,(H,51,53,61)/t26-,27+,46-/m0/s1. The summed E-state index contributed by atoms with van der Waals surface area (Å²) < 4.78 is 49.9. The second kappa shape index (κ2) is 14.0. The average molecular weight is 870 g/mol. The Bertz CT molecular complexity index is 3340. The molecule has 16 nitrogen and oxygen atoms in total. The van der Waals surface area contributed by atoms with Crippen molar-refractivity contribution < 1.29 is 22.8 Å². The summed E-state index contributed by atoms with van der Waals surface area (Å²) in [5.41, 5.74) is 3.41. The summed E-state index contributed by atoms with van der Waals surface area (Å²) in [6, 6.07) is 10.5. The molecule has 64 heavy (non-hydrogen) atoms. The van der Waals surface area contributed by atoms with Crippen molar-refractivity contribution in [3.05, 3.63) is 133 Å². The SMILES string of the molecule is Cc1cc(-n2nc3c(c2-n2ccn(-c4ccc5c(cnn5C)c4F)c2=O)CN(C(=O)c2cc4cc([C@@H]5CCOC(C)(C)C5)ncc4n2[C@@]2(c4noc(=O)[nH]4)C[C@@H]2C)CC3)cc(C)c1F. The van der Waals surface area contributed by atoms with Gasteiger partial charge in [0.05, 0.1) is 58.0 Å². The number of nitrogens with zero attached hydrogens (tertiary/aromatic N) is 10. The van der Waals surface area contributed by atoms with Crippen molar-refractivity contribution in [1.82, 2.24) is 53.3 Å².